The molecular weight excluding hydrogens is 212 g/mol. The molecule has 0 aromatic rings. The molecule has 0 radical (unpaired) electrons. The number of hydrogen-bond donors (Lipinski definition) is 2. The number of carbonyl (C=O) groups excluding carboxylic acids is 1. The standard InChI is InChI=1S/C11H24N2O.ClH/c1-8(2)6-11(4,5)7-13-10(14)9(3)12;/h8-9H,6-7,12H2,1-5H3,(H,13,14);1H/t9-;/m0./s1. The second kappa shape index (κ2) is 7.07. The zero-order valence-corrected chi connectivity index (χ0v) is 11.3. The van der Waals surface area contributed by atoms with Gasteiger partial charge in [-0.25, -0.2) is 0 Å². The van der Waals surface area contributed by atoms with Gasteiger partial charge < -0.3 is 11.1 Å². The van der Waals surface area contributed by atoms with Crippen molar-refractivity contribution in [3.8, 4) is 0 Å². The fourth-order valence-corrected chi connectivity index (χ4v) is 1.66. The number of amides is 1. The number of carbonyl (C=O) groups is 1. The van der Waals surface area contributed by atoms with Crippen molar-refractivity contribution in [1.29, 1.82) is 0 Å². The normalized spacial score (nSPS) is 13.3. The maximum absolute atomic E-state index is 11.2. The minimum Gasteiger partial charge on any atom is -0.354 e. The van der Waals surface area contributed by atoms with E-state index in [1.807, 2.05) is 0 Å². The Balaban J connectivity index is 0. The van der Waals surface area contributed by atoms with Crippen LogP contribution >= 0.6 is 12.4 Å². The molecule has 0 rings (SSSR count). The smallest absolute Gasteiger partial charge is 0.236 e. The maximum Gasteiger partial charge on any atom is 0.236 e. The van der Waals surface area contributed by atoms with Crippen molar-refractivity contribution >= 4 is 18.3 Å². The average Bonchev–Trinajstić information content (AvgIpc) is 1.97. The molecule has 0 heterocycles. The fourth-order valence-electron chi connectivity index (χ4n) is 1.66. The van der Waals surface area contributed by atoms with Crippen LogP contribution in [0.2, 0.25) is 0 Å². The predicted molar refractivity (Wildman–Crippen MR) is 67.1 cm³/mol. The van der Waals surface area contributed by atoms with Gasteiger partial charge in [-0.1, -0.05) is 27.7 Å². The van der Waals surface area contributed by atoms with E-state index in [0.717, 1.165) is 6.42 Å². The van der Waals surface area contributed by atoms with Gasteiger partial charge in [0.1, 0.15) is 0 Å². The van der Waals surface area contributed by atoms with Crippen LogP contribution in [0.5, 0.6) is 0 Å². The van der Waals surface area contributed by atoms with Crippen LogP contribution in [0, 0.1) is 11.3 Å². The van der Waals surface area contributed by atoms with Crippen LogP contribution in [-0.2, 0) is 4.79 Å². The third-order valence-corrected chi connectivity index (χ3v) is 2.12. The van der Waals surface area contributed by atoms with Crippen molar-refractivity contribution in [2.24, 2.45) is 17.1 Å². The van der Waals surface area contributed by atoms with E-state index in [4.69, 9.17) is 5.73 Å². The van der Waals surface area contributed by atoms with Gasteiger partial charge >= 0.3 is 0 Å². The molecule has 3 N–H and O–H groups in total. The van der Waals surface area contributed by atoms with Gasteiger partial charge in [-0.2, -0.15) is 0 Å². The van der Waals surface area contributed by atoms with Crippen LogP contribution in [0.15, 0.2) is 0 Å². The van der Waals surface area contributed by atoms with Gasteiger partial charge in [0.05, 0.1) is 6.04 Å². The monoisotopic (exact) mass is 236 g/mol. The highest BCUT2D eigenvalue weighted by Gasteiger charge is 2.20. The third kappa shape index (κ3) is 8.70. The number of halogens is 1. The highest BCUT2D eigenvalue weighted by atomic mass is 35.5. The van der Waals surface area contributed by atoms with Gasteiger partial charge in [0.2, 0.25) is 5.91 Å². The lowest BCUT2D eigenvalue weighted by molar-refractivity contribution is -0.122. The molecule has 3 nitrogen and oxygen atoms in total. The lowest BCUT2D eigenvalue weighted by Crippen LogP contribution is -2.42. The molecule has 92 valence electrons. The molecule has 1 amide bonds. The number of nitrogens with one attached hydrogen (secondary N) is 1. The second-order valence-corrected chi connectivity index (χ2v) is 5.27. The molecule has 0 aliphatic heterocycles. The Morgan fingerprint density at radius 2 is 1.80 bits per heavy atom. The summed E-state index contributed by atoms with van der Waals surface area (Å²) in [6, 6.07) is -0.412. The summed E-state index contributed by atoms with van der Waals surface area (Å²) in [5.41, 5.74) is 5.61. The Bertz CT molecular complexity index is 191. The second-order valence-electron chi connectivity index (χ2n) is 5.27. The summed E-state index contributed by atoms with van der Waals surface area (Å²) in [6.45, 7) is 11.1. The summed E-state index contributed by atoms with van der Waals surface area (Å²) in [5, 5.41) is 2.86. The molecule has 0 aromatic carbocycles. The molecule has 4 heteroatoms. The van der Waals surface area contributed by atoms with Crippen molar-refractivity contribution in [2.45, 2.75) is 47.1 Å². The van der Waals surface area contributed by atoms with Crippen LogP contribution in [0.3, 0.4) is 0 Å². The molecule has 0 aromatic heterocycles. The first-order chi connectivity index (χ1) is 6.24. The minimum atomic E-state index is -0.412. The van der Waals surface area contributed by atoms with Gasteiger partial charge in [-0.15, -0.1) is 12.4 Å². The molecule has 1 atom stereocenters. The van der Waals surface area contributed by atoms with Crippen LogP contribution in [0.4, 0.5) is 0 Å². The van der Waals surface area contributed by atoms with Gasteiger partial charge in [0.15, 0.2) is 0 Å². The lowest BCUT2D eigenvalue weighted by Gasteiger charge is -2.27. The first-order valence-electron chi connectivity index (χ1n) is 5.28. The summed E-state index contributed by atoms with van der Waals surface area (Å²) in [7, 11) is 0. The molecule has 0 aliphatic carbocycles. The molecular formula is C11H25ClN2O. The fraction of sp³-hybridized carbons (Fsp3) is 0.909. The van der Waals surface area contributed by atoms with E-state index < -0.39 is 6.04 Å². The van der Waals surface area contributed by atoms with Gasteiger partial charge in [0.25, 0.3) is 0 Å². The van der Waals surface area contributed by atoms with Gasteiger partial charge in [-0.05, 0) is 24.7 Å². The van der Waals surface area contributed by atoms with Crippen LogP contribution in [0.1, 0.15) is 41.0 Å². The topological polar surface area (TPSA) is 55.1 Å². The Hall–Kier alpha value is -0.280. The van der Waals surface area contributed by atoms with Crippen LogP contribution < -0.4 is 11.1 Å². The molecule has 0 bridgehead atoms. The molecule has 0 unspecified atom stereocenters. The van der Waals surface area contributed by atoms with Crippen LogP contribution in [-0.4, -0.2) is 18.5 Å². The first kappa shape index (κ1) is 17.1. The summed E-state index contributed by atoms with van der Waals surface area (Å²) in [5.74, 6) is 0.582. The van der Waals surface area contributed by atoms with E-state index in [9.17, 15) is 4.79 Å². The zero-order chi connectivity index (χ0) is 11.4. The minimum absolute atomic E-state index is 0. The lowest BCUT2D eigenvalue weighted by atomic mass is 9.84. The number of nitrogens with two attached hydrogens (primary N) is 1. The molecule has 0 saturated heterocycles. The van der Waals surface area contributed by atoms with E-state index in [0.29, 0.717) is 12.5 Å². The Kier molecular flexibility index (Phi) is 8.07. The Labute approximate surface area is 99.6 Å². The van der Waals surface area contributed by atoms with E-state index in [2.05, 4.69) is 33.0 Å². The zero-order valence-electron chi connectivity index (χ0n) is 10.5. The van der Waals surface area contributed by atoms with Gasteiger partial charge in [0, 0.05) is 6.54 Å². The predicted octanol–water partition coefficient (Wildman–Crippen LogP) is 1.94. The van der Waals surface area contributed by atoms with Crippen molar-refractivity contribution in [1.82, 2.24) is 5.32 Å². The summed E-state index contributed by atoms with van der Waals surface area (Å²) < 4.78 is 0. The molecule has 0 aliphatic rings. The Morgan fingerprint density at radius 1 is 1.33 bits per heavy atom. The van der Waals surface area contributed by atoms with Crippen molar-refractivity contribution in [3.05, 3.63) is 0 Å². The first-order valence-corrected chi connectivity index (χ1v) is 5.28. The van der Waals surface area contributed by atoms with Gasteiger partial charge in [-0.3, -0.25) is 4.79 Å². The summed E-state index contributed by atoms with van der Waals surface area (Å²) >= 11 is 0. The maximum atomic E-state index is 11.2. The van der Waals surface area contributed by atoms with Crippen molar-refractivity contribution in [3.63, 3.8) is 0 Å². The van der Waals surface area contributed by atoms with E-state index >= 15 is 0 Å². The molecule has 0 spiro atoms. The highest BCUT2D eigenvalue weighted by Crippen LogP contribution is 2.23. The number of rotatable bonds is 5. The number of hydrogen-bond acceptors (Lipinski definition) is 2. The quantitative estimate of drug-likeness (QED) is 0.767. The van der Waals surface area contributed by atoms with Crippen molar-refractivity contribution < 1.29 is 4.79 Å². The largest absolute Gasteiger partial charge is 0.354 e. The third-order valence-electron chi connectivity index (χ3n) is 2.12. The summed E-state index contributed by atoms with van der Waals surface area (Å²) in [4.78, 5) is 11.2. The molecule has 15 heavy (non-hydrogen) atoms. The van der Waals surface area contributed by atoms with Crippen LogP contribution in [0.25, 0.3) is 0 Å². The Morgan fingerprint density at radius 3 is 2.13 bits per heavy atom. The summed E-state index contributed by atoms with van der Waals surface area (Å²) in [6.07, 6.45) is 1.10. The average molecular weight is 237 g/mol. The van der Waals surface area contributed by atoms with E-state index in [-0.39, 0.29) is 23.7 Å². The molecule has 0 saturated carbocycles. The SMILES string of the molecule is CC(C)CC(C)(C)CNC(=O)[C@H](C)N.Cl. The highest BCUT2D eigenvalue weighted by molar-refractivity contribution is 5.85. The van der Waals surface area contributed by atoms with Crippen molar-refractivity contribution in [2.75, 3.05) is 6.54 Å². The van der Waals surface area contributed by atoms with E-state index in [1.54, 1.807) is 6.92 Å². The van der Waals surface area contributed by atoms with E-state index in [1.165, 1.54) is 0 Å². The molecule has 0 fully saturated rings.